The first kappa shape index (κ1) is 18.9. The summed E-state index contributed by atoms with van der Waals surface area (Å²) in [5, 5.41) is 2.54. The van der Waals surface area contributed by atoms with Gasteiger partial charge in [0, 0.05) is 17.0 Å². The minimum Gasteiger partial charge on any atom is -0.452 e. The van der Waals surface area contributed by atoms with Crippen LogP contribution in [0.3, 0.4) is 0 Å². The van der Waals surface area contributed by atoms with Gasteiger partial charge in [0.25, 0.3) is 5.91 Å². The van der Waals surface area contributed by atoms with E-state index in [0.717, 1.165) is 18.4 Å². The molecule has 6 nitrogen and oxygen atoms in total. The molecule has 0 saturated carbocycles. The third kappa shape index (κ3) is 5.27. The second-order valence-corrected chi connectivity index (χ2v) is 7.50. The Morgan fingerprint density at radius 2 is 1.92 bits per heavy atom. The number of halogens is 2. The Balaban J connectivity index is 1.99. The number of carbonyl (C=O) groups excluding carboxylic acids is 2. The predicted octanol–water partition coefficient (Wildman–Crippen LogP) is 2.68. The van der Waals surface area contributed by atoms with Crippen molar-refractivity contribution in [1.82, 2.24) is 0 Å². The van der Waals surface area contributed by atoms with Gasteiger partial charge in [-0.2, -0.15) is 0 Å². The number of anilines is 1. The van der Waals surface area contributed by atoms with Crippen molar-refractivity contribution in [3.63, 3.8) is 0 Å². The summed E-state index contributed by atoms with van der Waals surface area (Å²) in [6, 6.07) is 8.96. The first-order chi connectivity index (χ1) is 11.7. The molecule has 0 spiro atoms. The first-order valence-corrected chi connectivity index (χ1v) is 9.16. The molecule has 0 unspecified atom stereocenters. The second kappa shape index (κ2) is 7.62. The highest BCUT2D eigenvalue weighted by molar-refractivity contribution is 7.90. The molecule has 2 aromatic carbocycles. The number of ether oxygens (including phenoxy) is 1. The fraction of sp³-hybridized carbons (Fsp3) is 0.125. The maximum absolute atomic E-state index is 13.5. The molecule has 0 saturated heterocycles. The lowest BCUT2D eigenvalue weighted by atomic mass is 10.2. The molecule has 0 atom stereocenters. The quantitative estimate of drug-likeness (QED) is 0.799. The van der Waals surface area contributed by atoms with Crippen LogP contribution < -0.4 is 5.32 Å². The molecule has 2 aromatic rings. The Morgan fingerprint density at radius 3 is 2.60 bits per heavy atom. The SMILES string of the molecule is CS(=O)(=O)c1cccc(NC(=O)COC(=O)c2cc(Cl)ccc2F)c1. The molecule has 25 heavy (non-hydrogen) atoms. The normalized spacial score (nSPS) is 11.0. The van der Waals surface area contributed by atoms with Crippen LogP contribution in [0.15, 0.2) is 47.4 Å². The Labute approximate surface area is 148 Å². The summed E-state index contributed by atoms with van der Waals surface area (Å²) >= 11 is 5.68. The zero-order valence-corrected chi connectivity index (χ0v) is 14.5. The fourth-order valence-electron chi connectivity index (χ4n) is 1.86. The third-order valence-electron chi connectivity index (χ3n) is 3.03. The summed E-state index contributed by atoms with van der Waals surface area (Å²) < 4.78 is 41.2. The van der Waals surface area contributed by atoms with E-state index in [-0.39, 0.29) is 21.2 Å². The lowest BCUT2D eigenvalue weighted by Crippen LogP contribution is -2.21. The highest BCUT2D eigenvalue weighted by Crippen LogP contribution is 2.17. The van der Waals surface area contributed by atoms with E-state index in [2.05, 4.69) is 5.32 Å². The number of rotatable bonds is 5. The van der Waals surface area contributed by atoms with Gasteiger partial charge < -0.3 is 10.1 Å². The molecule has 0 aliphatic carbocycles. The average molecular weight is 386 g/mol. The molecule has 0 aliphatic rings. The van der Waals surface area contributed by atoms with Gasteiger partial charge in [-0.1, -0.05) is 17.7 Å². The summed E-state index contributed by atoms with van der Waals surface area (Å²) in [6.45, 7) is -0.673. The van der Waals surface area contributed by atoms with Crippen LogP contribution >= 0.6 is 11.6 Å². The van der Waals surface area contributed by atoms with E-state index in [0.29, 0.717) is 0 Å². The fourth-order valence-corrected chi connectivity index (χ4v) is 2.70. The smallest absolute Gasteiger partial charge is 0.341 e. The van der Waals surface area contributed by atoms with Crippen molar-refractivity contribution in [3.05, 3.63) is 58.9 Å². The minimum atomic E-state index is -3.42. The Bertz CT molecular complexity index is 930. The molecule has 9 heteroatoms. The minimum absolute atomic E-state index is 0.0308. The van der Waals surface area contributed by atoms with Gasteiger partial charge in [-0.15, -0.1) is 0 Å². The zero-order chi connectivity index (χ0) is 18.6. The molecular formula is C16H13ClFNO5S. The predicted molar refractivity (Wildman–Crippen MR) is 89.9 cm³/mol. The summed E-state index contributed by atoms with van der Waals surface area (Å²) in [5.41, 5.74) is -0.169. The Morgan fingerprint density at radius 1 is 1.20 bits per heavy atom. The molecule has 0 heterocycles. The molecule has 0 bridgehead atoms. The molecule has 0 aromatic heterocycles. The molecule has 132 valence electrons. The molecule has 0 radical (unpaired) electrons. The lowest BCUT2D eigenvalue weighted by Gasteiger charge is -2.08. The molecule has 1 N–H and O–H groups in total. The van der Waals surface area contributed by atoms with Gasteiger partial charge in [0.15, 0.2) is 16.4 Å². The van der Waals surface area contributed by atoms with Gasteiger partial charge >= 0.3 is 5.97 Å². The van der Waals surface area contributed by atoms with Gasteiger partial charge in [0.1, 0.15) is 5.82 Å². The van der Waals surface area contributed by atoms with Gasteiger partial charge in [-0.25, -0.2) is 17.6 Å². The Hall–Kier alpha value is -2.45. The van der Waals surface area contributed by atoms with Crippen LogP contribution in [-0.4, -0.2) is 33.2 Å². The van der Waals surface area contributed by atoms with Crippen molar-refractivity contribution in [2.75, 3.05) is 18.2 Å². The molecule has 0 aliphatic heterocycles. The van der Waals surface area contributed by atoms with Gasteiger partial charge in [-0.05, 0) is 36.4 Å². The van der Waals surface area contributed by atoms with E-state index in [9.17, 15) is 22.4 Å². The van der Waals surface area contributed by atoms with Gasteiger partial charge in [-0.3, -0.25) is 4.79 Å². The second-order valence-electron chi connectivity index (χ2n) is 5.05. The molecule has 2 rings (SSSR count). The van der Waals surface area contributed by atoms with Crippen molar-refractivity contribution in [1.29, 1.82) is 0 Å². The van der Waals surface area contributed by atoms with Crippen LogP contribution in [0.25, 0.3) is 0 Å². The number of nitrogens with one attached hydrogen (secondary N) is 1. The number of amides is 1. The van der Waals surface area contributed by atoms with Crippen LogP contribution in [-0.2, 0) is 19.4 Å². The highest BCUT2D eigenvalue weighted by atomic mass is 35.5. The summed E-state index contributed by atoms with van der Waals surface area (Å²) in [6.07, 6.45) is 1.04. The van der Waals surface area contributed by atoms with E-state index >= 15 is 0 Å². The largest absolute Gasteiger partial charge is 0.452 e. The first-order valence-electron chi connectivity index (χ1n) is 6.89. The number of hydrogen-bond donors (Lipinski definition) is 1. The van der Waals surface area contributed by atoms with Crippen molar-refractivity contribution < 1.29 is 27.1 Å². The van der Waals surface area contributed by atoms with Crippen molar-refractivity contribution in [3.8, 4) is 0 Å². The summed E-state index contributed by atoms with van der Waals surface area (Å²) in [4.78, 5) is 23.6. The number of carbonyl (C=O) groups is 2. The van der Waals surface area contributed by atoms with E-state index in [1.165, 1.54) is 30.3 Å². The lowest BCUT2D eigenvalue weighted by molar-refractivity contribution is -0.119. The molecule has 1 amide bonds. The maximum Gasteiger partial charge on any atom is 0.341 e. The van der Waals surface area contributed by atoms with Crippen LogP contribution in [0.4, 0.5) is 10.1 Å². The Kier molecular flexibility index (Phi) is 5.76. The zero-order valence-electron chi connectivity index (χ0n) is 13.0. The average Bonchev–Trinajstić information content (AvgIpc) is 2.54. The van der Waals surface area contributed by atoms with E-state index in [1.54, 1.807) is 0 Å². The standard InChI is InChI=1S/C16H13ClFNO5S/c1-25(22,23)12-4-2-3-11(8-12)19-15(20)9-24-16(21)13-7-10(17)5-6-14(13)18/h2-8H,9H2,1H3,(H,19,20). The van der Waals surface area contributed by atoms with Crippen molar-refractivity contribution in [2.45, 2.75) is 4.90 Å². The number of esters is 1. The van der Waals surface area contributed by atoms with Crippen molar-refractivity contribution in [2.24, 2.45) is 0 Å². The molecular weight excluding hydrogens is 373 g/mol. The summed E-state index contributed by atoms with van der Waals surface area (Å²) in [7, 11) is -3.42. The maximum atomic E-state index is 13.5. The van der Waals surface area contributed by atoms with Crippen LogP contribution in [0, 0.1) is 5.82 Å². The summed E-state index contributed by atoms with van der Waals surface area (Å²) in [5.74, 6) is -2.57. The third-order valence-corrected chi connectivity index (χ3v) is 4.37. The highest BCUT2D eigenvalue weighted by Gasteiger charge is 2.16. The monoisotopic (exact) mass is 385 g/mol. The van der Waals surface area contributed by atoms with Gasteiger partial charge in [0.2, 0.25) is 0 Å². The topological polar surface area (TPSA) is 89.5 Å². The number of benzene rings is 2. The van der Waals surface area contributed by atoms with E-state index in [4.69, 9.17) is 16.3 Å². The van der Waals surface area contributed by atoms with Gasteiger partial charge in [0.05, 0.1) is 10.5 Å². The van der Waals surface area contributed by atoms with Crippen LogP contribution in [0.2, 0.25) is 5.02 Å². The van der Waals surface area contributed by atoms with E-state index < -0.39 is 34.1 Å². The van der Waals surface area contributed by atoms with Crippen LogP contribution in [0.5, 0.6) is 0 Å². The number of sulfone groups is 1. The van der Waals surface area contributed by atoms with Crippen molar-refractivity contribution >= 4 is 39.0 Å². The van der Waals surface area contributed by atoms with Crippen LogP contribution in [0.1, 0.15) is 10.4 Å². The van der Waals surface area contributed by atoms with E-state index in [1.807, 2.05) is 0 Å². The number of hydrogen-bond acceptors (Lipinski definition) is 5. The molecule has 0 fully saturated rings.